The largest absolute Gasteiger partial charge is 0.386 e. The monoisotopic (exact) mass is 583 g/mol. The lowest BCUT2D eigenvalue weighted by Crippen LogP contribution is -2.47. The molecule has 3 atom stereocenters. The minimum atomic E-state index is -0.867. The highest BCUT2D eigenvalue weighted by molar-refractivity contribution is 5.99. The van der Waals surface area contributed by atoms with Crippen molar-refractivity contribution >= 4 is 23.6 Å². The summed E-state index contributed by atoms with van der Waals surface area (Å²) in [5.41, 5.74) is 11.2. The van der Waals surface area contributed by atoms with Gasteiger partial charge in [-0.1, -0.05) is 12.1 Å². The van der Waals surface area contributed by atoms with E-state index < -0.39 is 5.41 Å². The highest BCUT2D eigenvalue weighted by atomic mass is 16.2. The SMILES string of the molecule is CNC(=O)c1ccc2c(c1)CCc1cc(C(=O)NC)ccc1C2(CCNCC(=O)N1[C@H](C#N)C[C@@H]2C[C@@H]21)C(N)=NC(C)C. The summed E-state index contributed by atoms with van der Waals surface area (Å²) in [6.45, 7) is 4.54. The van der Waals surface area contributed by atoms with Crippen LogP contribution in [-0.4, -0.2) is 73.8 Å². The van der Waals surface area contributed by atoms with Gasteiger partial charge in [-0.05, 0) is 105 Å². The van der Waals surface area contributed by atoms with Gasteiger partial charge in [-0.2, -0.15) is 5.26 Å². The van der Waals surface area contributed by atoms with Crippen LogP contribution in [0.4, 0.5) is 0 Å². The van der Waals surface area contributed by atoms with Crippen LogP contribution < -0.4 is 21.7 Å². The molecule has 3 aliphatic rings. The normalized spacial score (nSPS) is 21.6. The van der Waals surface area contributed by atoms with Crippen LogP contribution in [0.15, 0.2) is 41.4 Å². The number of amides is 3. The van der Waals surface area contributed by atoms with Gasteiger partial charge >= 0.3 is 0 Å². The van der Waals surface area contributed by atoms with Crippen LogP contribution in [0.25, 0.3) is 0 Å². The van der Waals surface area contributed by atoms with E-state index in [1.54, 1.807) is 19.0 Å². The molecule has 10 nitrogen and oxygen atoms in total. The predicted molar refractivity (Wildman–Crippen MR) is 165 cm³/mol. The molecule has 1 aliphatic heterocycles. The van der Waals surface area contributed by atoms with Crippen molar-refractivity contribution in [2.24, 2.45) is 16.6 Å². The van der Waals surface area contributed by atoms with E-state index in [1.807, 2.05) is 50.2 Å². The molecule has 226 valence electrons. The Morgan fingerprint density at radius 1 is 1.02 bits per heavy atom. The van der Waals surface area contributed by atoms with Crippen LogP contribution in [0.1, 0.15) is 76.1 Å². The molecule has 0 spiro atoms. The Labute approximate surface area is 253 Å². The van der Waals surface area contributed by atoms with Gasteiger partial charge in [-0.3, -0.25) is 19.4 Å². The van der Waals surface area contributed by atoms with Crippen molar-refractivity contribution in [3.8, 4) is 6.07 Å². The van der Waals surface area contributed by atoms with Gasteiger partial charge in [0.15, 0.2) is 0 Å². The predicted octanol–water partition coefficient (Wildman–Crippen LogP) is 2.05. The smallest absolute Gasteiger partial charge is 0.251 e. The number of aryl methyl sites for hydroxylation is 2. The number of nitriles is 1. The number of hydrogen-bond donors (Lipinski definition) is 4. The number of piperidine rings is 1. The van der Waals surface area contributed by atoms with E-state index in [0.29, 0.717) is 48.7 Å². The second-order valence-electron chi connectivity index (χ2n) is 12.1. The van der Waals surface area contributed by atoms with Crippen molar-refractivity contribution in [2.75, 3.05) is 27.2 Å². The Kier molecular flexibility index (Phi) is 8.56. The molecule has 2 aromatic rings. The minimum Gasteiger partial charge on any atom is -0.386 e. The average Bonchev–Trinajstić information content (AvgIpc) is 3.70. The van der Waals surface area contributed by atoms with Crippen LogP contribution >= 0.6 is 0 Å². The summed E-state index contributed by atoms with van der Waals surface area (Å²) in [5.74, 6) is 0.516. The van der Waals surface area contributed by atoms with Crippen LogP contribution in [-0.2, 0) is 23.1 Å². The molecule has 0 aromatic heterocycles. The summed E-state index contributed by atoms with van der Waals surface area (Å²) < 4.78 is 0. The van der Waals surface area contributed by atoms with Crippen LogP contribution in [0.2, 0.25) is 0 Å². The number of likely N-dealkylation sites (tertiary alicyclic amines) is 1. The molecule has 2 aliphatic carbocycles. The van der Waals surface area contributed by atoms with Crippen molar-refractivity contribution in [3.05, 3.63) is 69.8 Å². The molecule has 0 radical (unpaired) electrons. The van der Waals surface area contributed by atoms with Crippen molar-refractivity contribution in [3.63, 3.8) is 0 Å². The van der Waals surface area contributed by atoms with Crippen molar-refractivity contribution in [1.82, 2.24) is 20.9 Å². The minimum absolute atomic E-state index is 0.0541. The lowest BCUT2D eigenvalue weighted by Gasteiger charge is -2.37. The Hall–Kier alpha value is -4.23. The Balaban J connectivity index is 1.54. The van der Waals surface area contributed by atoms with E-state index in [9.17, 15) is 19.6 Å². The summed E-state index contributed by atoms with van der Waals surface area (Å²) in [6, 6.07) is 13.5. The lowest BCUT2D eigenvalue weighted by atomic mass is 9.68. The fourth-order valence-electron chi connectivity index (χ4n) is 6.97. The highest BCUT2D eigenvalue weighted by Gasteiger charge is 2.54. The molecule has 43 heavy (non-hydrogen) atoms. The number of carbonyl (C=O) groups is 3. The number of aliphatic imine (C=N–C) groups is 1. The molecule has 5 rings (SSSR count). The molecule has 2 fully saturated rings. The Morgan fingerprint density at radius 3 is 2.12 bits per heavy atom. The van der Waals surface area contributed by atoms with Crippen LogP contribution in [0, 0.1) is 17.2 Å². The first-order valence-electron chi connectivity index (χ1n) is 15.1. The van der Waals surface area contributed by atoms with Crippen molar-refractivity contribution in [2.45, 2.75) is 69.5 Å². The number of benzene rings is 2. The number of amidine groups is 1. The van der Waals surface area contributed by atoms with Gasteiger partial charge in [-0.25, -0.2) is 0 Å². The summed E-state index contributed by atoms with van der Waals surface area (Å²) in [4.78, 5) is 45.0. The maximum Gasteiger partial charge on any atom is 0.251 e. The summed E-state index contributed by atoms with van der Waals surface area (Å²) >= 11 is 0. The number of rotatable bonds is 9. The van der Waals surface area contributed by atoms with Crippen LogP contribution in [0.5, 0.6) is 0 Å². The van der Waals surface area contributed by atoms with Gasteiger partial charge in [0.25, 0.3) is 11.8 Å². The Bertz CT molecular complexity index is 1440. The van der Waals surface area contributed by atoms with E-state index in [1.165, 1.54) is 0 Å². The number of carbonyl (C=O) groups excluding carboxylic acids is 3. The van der Waals surface area contributed by atoms with E-state index in [2.05, 4.69) is 22.0 Å². The molecule has 2 aromatic carbocycles. The fraction of sp³-hybridized carbons (Fsp3) is 0.485. The standard InChI is InChI=1S/C33H41N7O3/c1-19(2)39-32(35)33(11-12-38-18-29(41)40-25(17-34)15-24-16-28(24)40)26-9-7-22(30(42)36-3)13-20(26)5-6-21-14-23(31(43)37-4)8-10-27(21)33/h7-10,13-14,19,24-25,28,38H,5-6,11-12,15-16,18H2,1-4H3,(H2,35,39)(H,36,42)(H,37,43)/t24-,25+,28+/m1/s1. The zero-order chi connectivity index (χ0) is 30.9. The second-order valence-corrected chi connectivity index (χ2v) is 12.1. The highest BCUT2D eigenvalue weighted by Crippen LogP contribution is 2.47. The maximum atomic E-state index is 13.2. The molecule has 10 heteroatoms. The number of nitrogens with two attached hydrogens (primary N) is 1. The first kappa shape index (κ1) is 30.2. The van der Waals surface area contributed by atoms with Crippen LogP contribution in [0.3, 0.4) is 0 Å². The lowest BCUT2D eigenvalue weighted by molar-refractivity contribution is -0.131. The molecule has 3 amide bonds. The second kappa shape index (κ2) is 12.2. The first-order chi connectivity index (χ1) is 20.6. The first-order valence-corrected chi connectivity index (χ1v) is 15.1. The van der Waals surface area contributed by atoms with Gasteiger partial charge in [-0.15, -0.1) is 0 Å². The molecular weight excluding hydrogens is 542 g/mol. The van der Waals surface area contributed by atoms with Gasteiger partial charge < -0.3 is 26.6 Å². The molecule has 5 N–H and O–H groups in total. The van der Waals surface area contributed by atoms with Crippen molar-refractivity contribution < 1.29 is 14.4 Å². The zero-order valence-electron chi connectivity index (χ0n) is 25.4. The third kappa shape index (κ3) is 5.62. The average molecular weight is 584 g/mol. The van der Waals surface area contributed by atoms with E-state index >= 15 is 0 Å². The number of nitrogens with one attached hydrogen (secondary N) is 3. The maximum absolute atomic E-state index is 13.2. The molecule has 1 saturated carbocycles. The quantitative estimate of drug-likeness (QED) is 0.201. The topological polar surface area (TPSA) is 153 Å². The summed E-state index contributed by atoms with van der Waals surface area (Å²) in [6.07, 6.45) is 3.55. The molecular formula is C33H41N7O3. The van der Waals surface area contributed by atoms with E-state index in [-0.39, 0.29) is 42.4 Å². The fourth-order valence-corrected chi connectivity index (χ4v) is 6.97. The molecule has 0 unspecified atom stereocenters. The number of nitrogens with zero attached hydrogens (tertiary/aromatic N) is 3. The molecule has 1 heterocycles. The number of hydrogen-bond acceptors (Lipinski definition) is 6. The van der Waals surface area contributed by atoms with Gasteiger partial charge in [0, 0.05) is 37.3 Å². The van der Waals surface area contributed by atoms with Gasteiger partial charge in [0.1, 0.15) is 11.9 Å². The summed E-state index contributed by atoms with van der Waals surface area (Å²) in [5, 5.41) is 18.3. The van der Waals surface area contributed by atoms with E-state index in [4.69, 9.17) is 10.7 Å². The van der Waals surface area contributed by atoms with Gasteiger partial charge in [0.2, 0.25) is 5.91 Å². The summed E-state index contributed by atoms with van der Waals surface area (Å²) in [7, 11) is 3.22. The Morgan fingerprint density at radius 2 is 1.60 bits per heavy atom. The third-order valence-corrected chi connectivity index (χ3v) is 9.10. The molecule has 0 bridgehead atoms. The number of fused-ring (bicyclic) bond motifs is 3. The van der Waals surface area contributed by atoms with Gasteiger partial charge in [0.05, 0.1) is 18.0 Å². The van der Waals surface area contributed by atoms with E-state index in [0.717, 1.165) is 35.1 Å². The molecule has 1 saturated heterocycles. The third-order valence-electron chi connectivity index (χ3n) is 9.10. The zero-order valence-corrected chi connectivity index (χ0v) is 25.4. The van der Waals surface area contributed by atoms with Crippen molar-refractivity contribution in [1.29, 1.82) is 5.26 Å².